The number of carboxylic acids is 1. The number of aliphatic carboxylic acids is 1. The van der Waals surface area contributed by atoms with E-state index in [2.05, 4.69) is 41.5 Å². The zero-order valence-corrected chi connectivity index (χ0v) is 13.1. The highest BCUT2D eigenvalue weighted by Gasteiger charge is 2.00. The van der Waals surface area contributed by atoms with E-state index in [9.17, 15) is 4.79 Å². The molecule has 21 heavy (non-hydrogen) atoms. The Kier molecular flexibility index (Phi) is 9.49. The molecule has 0 saturated heterocycles. The Morgan fingerprint density at radius 3 is 2.52 bits per heavy atom. The van der Waals surface area contributed by atoms with E-state index in [-0.39, 0.29) is 0 Å². The molecule has 118 valence electrons. The van der Waals surface area contributed by atoms with Crippen LogP contribution in [-0.4, -0.2) is 42.7 Å². The molecule has 0 aliphatic heterocycles. The van der Waals surface area contributed by atoms with E-state index >= 15 is 0 Å². The van der Waals surface area contributed by atoms with Crippen LogP contribution in [0.1, 0.15) is 37.7 Å². The van der Waals surface area contributed by atoms with Gasteiger partial charge in [0, 0.05) is 13.0 Å². The zero-order valence-electron chi connectivity index (χ0n) is 13.1. The first kappa shape index (κ1) is 17.7. The van der Waals surface area contributed by atoms with Gasteiger partial charge in [0.25, 0.3) is 0 Å². The maximum Gasteiger partial charge on any atom is 0.303 e. The second-order valence-electron chi connectivity index (χ2n) is 5.53. The number of hydrogen-bond donors (Lipinski definition) is 2. The Morgan fingerprint density at radius 1 is 1.10 bits per heavy atom. The summed E-state index contributed by atoms with van der Waals surface area (Å²) in [5.74, 6) is -0.690. The van der Waals surface area contributed by atoms with Gasteiger partial charge in [0.1, 0.15) is 0 Å². The number of nitrogens with zero attached hydrogens (tertiary/aromatic N) is 1. The molecule has 0 bridgehead atoms. The average Bonchev–Trinajstić information content (AvgIpc) is 2.46. The Bertz CT molecular complexity index is 382. The lowest BCUT2D eigenvalue weighted by atomic mass is 10.2. The van der Waals surface area contributed by atoms with Gasteiger partial charge in [-0.05, 0) is 51.5 Å². The first-order valence-electron chi connectivity index (χ1n) is 7.83. The predicted molar refractivity (Wildman–Crippen MR) is 86.4 cm³/mol. The smallest absolute Gasteiger partial charge is 0.303 e. The van der Waals surface area contributed by atoms with Crippen LogP contribution >= 0.6 is 0 Å². The van der Waals surface area contributed by atoms with Crippen molar-refractivity contribution in [2.75, 3.05) is 26.7 Å². The summed E-state index contributed by atoms with van der Waals surface area (Å²) in [5.41, 5.74) is 1.35. The van der Waals surface area contributed by atoms with Crippen molar-refractivity contribution in [1.82, 2.24) is 10.2 Å². The minimum absolute atomic E-state index is 0.296. The van der Waals surface area contributed by atoms with Gasteiger partial charge in [0.05, 0.1) is 0 Å². The van der Waals surface area contributed by atoms with Crippen LogP contribution in [0.15, 0.2) is 30.3 Å². The van der Waals surface area contributed by atoms with Gasteiger partial charge in [-0.25, -0.2) is 0 Å². The Hall–Kier alpha value is -1.39. The van der Waals surface area contributed by atoms with Crippen molar-refractivity contribution in [2.24, 2.45) is 0 Å². The summed E-state index contributed by atoms with van der Waals surface area (Å²) < 4.78 is 0. The van der Waals surface area contributed by atoms with Crippen molar-refractivity contribution < 1.29 is 9.90 Å². The molecule has 4 heteroatoms. The van der Waals surface area contributed by atoms with Gasteiger partial charge >= 0.3 is 5.97 Å². The van der Waals surface area contributed by atoms with Gasteiger partial charge in [-0.2, -0.15) is 0 Å². The highest BCUT2D eigenvalue weighted by Crippen LogP contribution is 2.02. The molecule has 0 heterocycles. The maximum absolute atomic E-state index is 10.3. The van der Waals surface area contributed by atoms with Crippen molar-refractivity contribution >= 4 is 5.97 Å². The Morgan fingerprint density at radius 2 is 1.81 bits per heavy atom. The molecule has 2 N–H and O–H groups in total. The zero-order chi connectivity index (χ0) is 15.3. The van der Waals surface area contributed by atoms with E-state index in [1.54, 1.807) is 0 Å². The summed E-state index contributed by atoms with van der Waals surface area (Å²) in [6, 6.07) is 10.5. The highest BCUT2D eigenvalue weighted by molar-refractivity contribution is 5.66. The lowest BCUT2D eigenvalue weighted by Gasteiger charge is -2.16. The standard InChI is InChI=1S/C17H28N2O2/c1-19(15-16-9-4-2-5-10-16)14-8-13-18-12-7-3-6-11-17(20)21/h2,4-5,9-10,18H,3,6-8,11-15H2,1H3,(H,20,21). The summed E-state index contributed by atoms with van der Waals surface area (Å²) in [6.45, 7) is 4.09. The monoisotopic (exact) mass is 292 g/mol. The summed E-state index contributed by atoms with van der Waals surface area (Å²) >= 11 is 0. The molecule has 4 nitrogen and oxygen atoms in total. The number of carboxylic acid groups (broad SMARTS) is 1. The van der Waals surface area contributed by atoms with Crippen molar-refractivity contribution in [2.45, 2.75) is 38.6 Å². The molecule has 0 saturated carbocycles. The number of rotatable bonds is 12. The third kappa shape index (κ3) is 10.0. The second-order valence-corrected chi connectivity index (χ2v) is 5.53. The molecule has 0 aliphatic carbocycles. The molecule has 0 unspecified atom stereocenters. The minimum atomic E-state index is -0.690. The topological polar surface area (TPSA) is 52.6 Å². The quantitative estimate of drug-likeness (QED) is 0.582. The molecule has 0 amide bonds. The Labute approximate surface area is 128 Å². The SMILES string of the molecule is CN(CCCNCCCCCC(=O)O)Cc1ccccc1. The molecule has 1 rings (SSSR count). The van der Waals surface area contributed by atoms with Crippen LogP contribution in [-0.2, 0) is 11.3 Å². The molecule has 0 aliphatic rings. The summed E-state index contributed by atoms with van der Waals surface area (Å²) in [6.07, 6.45) is 4.28. The molecule has 0 atom stereocenters. The third-order valence-electron chi connectivity index (χ3n) is 3.43. The fourth-order valence-corrected chi connectivity index (χ4v) is 2.28. The van der Waals surface area contributed by atoms with Crippen LogP contribution in [0.25, 0.3) is 0 Å². The fraction of sp³-hybridized carbons (Fsp3) is 0.588. The van der Waals surface area contributed by atoms with Crippen LogP contribution in [0.4, 0.5) is 0 Å². The van der Waals surface area contributed by atoms with Crippen molar-refractivity contribution in [3.8, 4) is 0 Å². The summed E-state index contributed by atoms with van der Waals surface area (Å²) in [7, 11) is 2.15. The average molecular weight is 292 g/mol. The van der Waals surface area contributed by atoms with Crippen molar-refractivity contribution in [1.29, 1.82) is 0 Å². The normalized spacial score (nSPS) is 11.0. The summed E-state index contributed by atoms with van der Waals surface area (Å²) in [4.78, 5) is 12.7. The lowest BCUT2D eigenvalue weighted by molar-refractivity contribution is -0.137. The molecule has 1 aromatic rings. The van der Waals surface area contributed by atoms with E-state index in [0.717, 1.165) is 51.9 Å². The third-order valence-corrected chi connectivity index (χ3v) is 3.43. The van der Waals surface area contributed by atoms with Crippen LogP contribution in [0.3, 0.4) is 0 Å². The van der Waals surface area contributed by atoms with Crippen molar-refractivity contribution in [3.63, 3.8) is 0 Å². The number of nitrogens with one attached hydrogen (secondary N) is 1. The van der Waals surface area contributed by atoms with Gasteiger partial charge in [-0.15, -0.1) is 0 Å². The summed E-state index contributed by atoms with van der Waals surface area (Å²) in [5, 5.41) is 11.9. The first-order chi connectivity index (χ1) is 10.2. The number of carbonyl (C=O) groups is 1. The highest BCUT2D eigenvalue weighted by atomic mass is 16.4. The minimum Gasteiger partial charge on any atom is -0.481 e. The van der Waals surface area contributed by atoms with Gasteiger partial charge in [0.15, 0.2) is 0 Å². The van der Waals surface area contributed by atoms with Gasteiger partial charge < -0.3 is 15.3 Å². The van der Waals surface area contributed by atoms with Crippen LogP contribution in [0, 0.1) is 0 Å². The fourth-order valence-electron chi connectivity index (χ4n) is 2.28. The molecular weight excluding hydrogens is 264 g/mol. The van der Waals surface area contributed by atoms with E-state index < -0.39 is 5.97 Å². The molecule has 0 spiro atoms. The lowest BCUT2D eigenvalue weighted by Crippen LogP contribution is -2.24. The van der Waals surface area contributed by atoms with E-state index in [1.165, 1.54) is 5.56 Å². The molecule has 1 aromatic carbocycles. The van der Waals surface area contributed by atoms with Crippen LogP contribution < -0.4 is 5.32 Å². The number of hydrogen-bond acceptors (Lipinski definition) is 3. The maximum atomic E-state index is 10.3. The largest absolute Gasteiger partial charge is 0.481 e. The van der Waals surface area contributed by atoms with Crippen molar-refractivity contribution in [3.05, 3.63) is 35.9 Å². The second kappa shape index (κ2) is 11.3. The number of unbranched alkanes of at least 4 members (excludes halogenated alkanes) is 2. The Balaban J connectivity index is 1.91. The van der Waals surface area contributed by atoms with E-state index in [4.69, 9.17) is 5.11 Å². The molecule has 0 aromatic heterocycles. The number of benzene rings is 1. The molecule has 0 radical (unpaired) electrons. The van der Waals surface area contributed by atoms with Crippen LogP contribution in [0.5, 0.6) is 0 Å². The molecular formula is C17H28N2O2. The van der Waals surface area contributed by atoms with Gasteiger partial charge in [-0.3, -0.25) is 4.79 Å². The van der Waals surface area contributed by atoms with E-state index in [0.29, 0.717) is 6.42 Å². The first-order valence-corrected chi connectivity index (χ1v) is 7.83. The predicted octanol–water partition coefficient (Wildman–Crippen LogP) is 2.74. The van der Waals surface area contributed by atoms with Gasteiger partial charge in [-0.1, -0.05) is 36.8 Å². The molecule has 0 fully saturated rings. The van der Waals surface area contributed by atoms with Gasteiger partial charge in [0.2, 0.25) is 0 Å². The van der Waals surface area contributed by atoms with E-state index in [1.807, 2.05) is 6.07 Å². The van der Waals surface area contributed by atoms with Crippen LogP contribution in [0.2, 0.25) is 0 Å².